The van der Waals surface area contributed by atoms with Crippen LogP contribution in [0.1, 0.15) is 5.56 Å². The Morgan fingerprint density at radius 2 is 2.05 bits per heavy atom. The van der Waals surface area contributed by atoms with Crippen molar-refractivity contribution in [1.82, 2.24) is 4.98 Å². The Kier molecular flexibility index (Phi) is 3.29. The normalized spacial score (nSPS) is 12.5. The van der Waals surface area contributed by atoms with Crippen molar-refractivity contribution >= 4 is 21.7 Å². The van der Waals surface area contributed by atoms with Crippen LogP contribution in [0.2, 0.25) is 0 Å². The first kappa shape index (κ1) is 12.3. The van der Waals surface area contributed by atoms with Crippen LogP contribution < -0.4 is 14.4 Å². The minimum absolute atomic E-state index is 0.308. The van der Waals surface area contributed by atoms with E-state index in [0.717, 1.165) is 33.9 Å². The predicted molar refractivity (Wildman–Crippen MR) is 76.6 cm³/mol. The summed E-state index contributed by atoms with van der Waals surface area (Å²) in [5, 5.41) is 0. The van der Waals surface area contributed by atoms with Gasteiger partial charge in [0.2, 0.25) is 6.79 Å². The lowest BCUT2D eigenvalue weighted by Gasteiger charge is -2.18. The second-order valence-electron chi connectivity index (χ2n) is 4.38. The zero-order valence-corrected chi connectivity index (χ0v) is 12.1. The molecule has 1 aromatic carbocycles. The highest BCUT2D eigenvalue weighted by Crippen LogP contribution is 2.32. The molecule has 3 rings (SSSR count). The highest BCUT2D eigenvalue weighted by Gasteiger charge is 2.14. The van der Waals surface area contributed by atoms with Crippen LogP contribution in [-0.4, -0.2) is 18.8 Å². The third-order valence-electron chi connectivity index (χ3n) is 2.96. The van der Waals surface area contributed by atoms with Crippen molar-refractivity contribution in [3.63, 3.8) is 0 Å². The number of halogens is 1. The molecule has 0 N–H and O–H groups in total. The topological polar surface area (TPSA) is 34.6 Å². The summed E-state index contributed by atoms with van der Waals surface area (Å²) in [6.07, 6.45) is 1.80. The van der Waals surface area contributed by atoms with E-state index in [1.54, 1.807) is 6.20 Å². The van der Waals surface area contributed by atoms with Gasteiger partial charge in [0.05, 0.1) is 0 Å². The summed E-state index contributed by atoms with van der Waals surface area (Å²) in [5.74, 6) is 2.56. The molecule has 0 saturated heterocycles. The number of hydrogen-bond donors (Lipinski definition) is 0. The van der Waals surface area contributed by atoms with Crippen LogP contribution >= 0.6 is 15.9 Å². The number of aromatic nitrogens is 1. The second-order valence-corrected chi connectivity index (χ2v) is 5.29. The quantitative estimate of drug-likeness (QED) is 0.869. The van der Waals surface area contributed by atoms with E-state index >= 15 is 0 Å². The molecule has 0 fully saturated rings. The lowest BCUT2D eigenvalue weighted by atomic mass is 10.2. The van der Waals surface area contributed by atoms with E-state index in [1.165, 1.54) is 0 Å². The average Bonchev–Trinajstić information content (AvgIpc) is 2.87. The van der Waals surface area contributed by atoms with Crippen LogP contribution in [-0.2, 0) is 6.54 Å². The van der Waals surface area contributed by atoms with Gasteiger partial charge in [-0.15, -0.1) is 0 Å². The Bertz CT molecular complexity index is 586. The first-order chi connectivity index (χ1) is 9.22. The smallest absolute Gasteiger partial charge is 0.231 e. The lowest BCUT2D eigenvalue weighted by molar-refractivity contribution is 0.174. The molecule has 1 aromatic heterocycles. The summed E-state index contributed by atoms with van der Waals surface area (Å²) in [5.41, 5.74) is 1.16. The van der Waals surface area contributed by atoms with E-state index in [9.17, 15) is 0 Å². The number of ether oxygens (including phenoxy) is 2. The Hall–Kier alpha value is -1.75. The molecular weight excluding hydrogens is 308 g/mol. The summed E-state index contributed by atoms with van der Waals surface area (Å²) < 4.78 is 11.7. The fraction of sp³-hybridized carbons (Fsp3) is 0.214. The van der Waals surface area contributed by atoms with Crippen LogP contribution in [0.3, 0.4) is 0 Å². The molecule has 0 unspecified atom stereocenters. The van der Waals surface area contributed by atoms with E-state index in [-0.39, 0.29) is 0 Å². The highest BCUT2D eigenvalue weighted by molar-refractivity contribution is 9.10. The molecule has 19 heavy (non-hydrogen) atoms. The van der Waals surface area contributed by atoms with Gasteiger partial charge < -0.3 is 14.4 Å². The summed E-state index contributed by atoms with van der Waals surface area (Å²) >= 11 is 3.38. The second kappa shape index (κ2) is 5.09. The SMILES string of the molecule is CN(Cc1ccc2c(c1)OCO2)c1ccc(Br)cn1. The van der Waals surface area contributed by atoms with Gasteiger partial charge in [-0.3, -0.25) is 0 Å². The molecule has 0 radical (unpaired) electrons. The number of benzene rings is 1. The minimum atomic E-state index is 0.308. The molecule has 1 aliphatic heterocycles. The molecule has 0 amide bonds. The van der Waals surface area contributed by atoms with Crippen molar-refractivity contribution in [2.24, 2.45) is 0 Å². The number of nitrogens with zero attached hydrogens (tertiary/aromatic N) is 2. The molecule has 0 saturated carbocycles. The van der Waals surface area contributed by atoms with E-state index < -0.39 is 0 Å². The minimum Gasteiger partial charge on any atom is -0.454 e. The van der Waals surface area contributed by atoms with Gasteiger partial charge in [0.15, 0.2) is 11.5 Å². The first-order valence-electron chi connectivity index (χ1n) is 5.93. The number of fused-ring (bicyclic) bond motifs is 1. The highest BCUT2D eigenvalue weighted by atomic mass is 79.9. The Labute approximate surface area is 120 Å². The van der Waals surface area contributed by atoms with Gasteiger partial charge in [-0.05, 0) is 45.8 Å². The molecule has 5 heteroatoms. The standard InChI is InChI=1S/C14H13BrN2O2/c1-17(14-5-3-11(15)7-16-14)8-10-2-4-12-13(6-10)19-9-18-12/h2-7H,8-9H2,1H3. The van der Waals surface area contributed by atoms with Gasteiger partial charge in [-0.2, -0.15) is 0 Å². The van der Waals surface area contributed by atoms with Crippen LogP contribution in [0.4, 0.5) is 5.82 Å². The Morgan fingerprint density at radius 3 is 2.84 bits per heavy atom. The lowest BCUT2D eigenvalue weighted by Crippen LogP contribution is -2.17. The molecule has 1 aliphatic rings. The van der Waals surface area contributed by atoms with Crippen molar-refractivity contribution in [3.05, 3.63) is 46.6 Å². The molecule has 0 bridgehead atoms. The number of rotatable bonds is 3. The Balaban J connectivity index is 1.75. The average molecular weight is 321 g/mol. The third kappa shape index (κ3) is 2.66. The predicted octanol–water partition coefficient (Wildman–Crippen LogP) is 3.21. The third-order valence-corrected chi connectivity index (χ3v) is 3.43. The van der Waals surface area contributed by atoms with Gasteiger partial charge in [-0.25, -0.2) is 4.98 Å². The number of anilines is 1. The van der Waals surface area contributed by atoms with E-state index in [1.807, 2.05) is 37.4 Å². The molecule has 4 nitrogen and oxygen atoms in total. The van der Waals surface area contributed by atoms with Crippen molar-refractivity contribution in [2.75, 3.05) is 18.7 Å². The monoisotopic (exact) mass is 320 g/mol. The molecule has 2 aromatic rings. The van der Waals surface area contributed by atoms with Crippen molar-refractivity contribution in [2.45, 2.75) is 6.54 Å². The summed E-state index contributed by atoms with van der Waals surface area (Å²) in [7, 11) is 2.01. The van der Waals surface area contributed by atoms with Crippen molar-refractivity contribution < 1.29 is 9.47 Å². The van der Waals surface area contributed by atoms with Gasteiger partial charge in [0.25, 0.3) is 0 Å². The molecule has 0 atom stereocenters. The van der Waals surface area contributed by atoms with E-state index in [0.29, 0.717) is 6.79 Å². The van der Waals surface area contributed by atoms with Gasteiger partial charge in [0.1, 0.15) is 5.82 Å². The summed E-state index contributed by atoms with van der Waals surface area (Å²) in [4.78, 5) is 6.46. The summed E-state index contributed by atoms with van der Waals surface area (Å²) in [6.45, 7) is 1.08. The molecule has 0 aliphatic carbocycles. The van der Waals surface area contributed by atoms with Crippen LogP contribution in [0.5, 0.6) is 11.5 Å². The molecule has 0 spiro atoms. The maximum Gasteiger partial charge on any atom is 0.231 e. The zero-order valence-electron chi connectivity index (χ0n) is 10.5. The largest absolute Gasteiger partial charge is 0.454 e. The number of pyridine rings is 1. The number of hydrogen-bond acceptors (Lipinski definition) is 4. The van der Waals surface area contributed by atoms with E-state index in [2.05, 4.69) is 25.8 Å². The van der Waals surface area contributed by atoms with Crippen LogP contribution in [0.25, 0.3) is 0 Å². The van der Waals surface area contributed by atoms with Gasteiger partial charge in [-0.1, -0.05) is 6.07 Å². The maximum atomic E-state index is 5.38. The zero-order chi connectivity index (χ0) is 13.2. The summed E-state index contributed by atoms with van der Waals surface area (Å²) in [6, 6.07) is 9.97. The molecular formula is C14H13BrN2O2. The van der Waals surface area contributed by atoms with E-state index in [4.69, 9.17) is 9.47 Å². The molecule has 98 valence electrons. The van der Waals surface area contributed by atoms with Crippen LogP contribution in [0, 0.1) is 0 Å². The molecule has 2 heterocycles. The van der Waals surface area contributed by atoms with Gasteiger partial charge >= 0.3 is 0 Å². The van der Waals surface area contributed by atoms with Crippen LogP contribution in [0.15, 0.2) is 41.0 Å². The maximum absolute atomic E-state index is 5.38. The fourth-order valence-electron chi connectivity index (χ4n) is 1.99. The van der Waals surface area contributed by atoms with Crippen molar-refractivity contribution in [3.8, 4) is 11.5 Å². The van der Waals surface area contributed by atoms with Crippen molar-refractivity contribution in [1.29, 1.82) is 0 Å². The Morgan fingerprint density at radius 1 is 1.21 bits per heavy atom. The van der Waals surface area contributed by atoms with Gasteiger partial charge in [0, 0.05) is 24.3 Å². The fourth-order valence-corrected chi connectivity index (χ4v) is 2.22. The first-order valence-corrected chi connectivity index (χ1v) is 6.73.